The van der Waals surface area contributed by atoms with Crippen LogP contribution in [0.4, 0.5) is 5.69 Å². The van der Waals surface area contributed by atoms with Crippen LogP contribution in [0.2, 0.25) is 0 Å². The van der Waals surface area contributed by atoms with Crippen LogP contribution in [0.15, 0.2) is 54.1 Å². The van der Waals surface area contributed by atoms with Gasteiger partial charge < -0.3 is 19.6 Å². The van der Waals surface area contributed by atoms with Crippen LogP contribution in [0, 0.1) is 0 Å². The Hall–Kier alpha value is -2.95. The molecule has 2 aromatic carbocycles. The lowest BCUT2D eigenvalue weighted by Crippen LogP contribution is -2.36. The molecule has 0 saturated carbocycles. The van der Waals surface area contributed by atoms with Crippen molar-refractivity contribution in [1.29, 1.82) is 0 Å². The zero-order valence-corrected chi connectivity index (χ0v) is 16.1. The minimum absolute atomic E-state index is 0.0877. The monoisotopic (exact) mass is 366 g/mol. The molecule has 5 nitrogen and oxygen atoms in total. The second kappa shape index (κ2) is 8.16. The first-order valence-corrected chi connectivity index (χ1v) is 9.11. The van der Waals surface area contributed by atoms with E-state index in [0.29, 0.717) is 30.6 Å². The molecule has 1 aliphatic rings. The highest BCUT2D eigenvalue weighted by Gasteiger charge is 2.26. The number of piperidine rings is 1. The van der Waals surface area contributed by atoms with Gasteiger partial charge in [0.25, 0.3) is 5.91 Å². The molecule has 1 N–H and O–H groups in total. The molecule has 1 fully saturated rings. The minimum atomic E-state index is -0.0914. The van der Waals surface area contributed by atoms with Crippen molar-refractivity contribution in [3.8, 4) is 5.75 Å². The van der Waals surface area contributed by atoms with E-state index in [1.165, 1.54) is 0 Å². The van der Waals surface area contributed by atoms with Gasteiger partial charge in [-0.05, 0) is 54.8 Å². The van der Waals surface area contributed by atoms with E-state index in [0.717, 1.165) is 23.4 Å². The van der Waals surface area contributed by atoms with Crippen molar-refractivity contribution in [2.75, 3.05) is 32.6 Å². The van der Waals surface area contributed by atoms with E-state index in [2.05, 4.69) is 0 Å². The van der Waals surface area contributed by atoms with Gasteiger partial charge in [0, 0.05) is 38.4 Å². The molecule has 5 heteroatoms. The first kappa shape index (κ1) is 18.8. The van der Waals surface area contributed by atoms with Gasteiger partial charge in [0.2, 0.25) is 0 Å². The van der Waals surface area contributed by atoms with E-state index in [1.807, 2.05) is 67.5 Å². The molecule has 2 aromatic rings. The van der Waals surface area contributed by atoms with Crippen molar-refractivity contribution in [2.24, 2.45) is 0 Å². The smallest absolute Gasteiger partial charge is 0.253 e. The van der Waals surface area contributed by atoms with Gasteiger partial charge in [-0.3, -0.25) is 4.79 Å². The average Bonchev–Trinajstić information content (AvgIpc) is 2.69. The van der Waals surface area contributed by atoms with E-state index in [9.17, 15) is 9.90 Å². The molecule has 27 heavy (non-hydrogen) atoms. The van der Waals surface area contributed by atoms with Crippen molar-refractivity contribution in [1.82, 2.24) is 4.90 Å². The first-order chi connectivity index (χ1) is 13.0. The lowest BCUT2D eigenvalue weighted by molar-refractivity contribution is -0.129. The standard InChI is InChI=1S/C22H26N2O3/c1-23(2)18-10-8-17(9-11-18)21(25)20-5-4-14-24(22(20)26)15-16-6-12-19(27-3)13-7-16/h6-13,25H,4-5,14-15H2,1-3H3. The summed E-state index contributed by atoms with van der Waals surface area (Å²) in [7, 11) is 5.57. The number of benzene rings is 2. The summed E-state index contributed by atoms with van der Waals surface area (Å²) in [5, 5.41) is 10.7. The zero-order valence-electron chi connectivity index (χ0n) is 16.1. The van der Waals surface area contributed by atoms with Gasteiger partial charge in [0.05, 0.1) is 12.7 Å². The van der Waals surface area contributed by atoms with Crippen LogP contribution in [-0.4, -0.2) is 43.7 Å². The third kappa shape index (κ3) is 4.25. The Balaban J connectivity index is 1.79. The van der Waals surface area contributed by atoms with E-state index >= 15 is 0 Å². The first-order valence-electron chi connectivity index (χ1n) is 9.11. The highest BCUT2D eigenvalue weighted by molar-refractivity contribution is 6.00. The van der Waals surface area contributed by atoms with Crippen molar-refractivity contribution in [3.63, 3.8) is 0 Å². The van der Waals surface area contributed by atoms with E-state index in [1.54, 1.807) is 12.0 Å². The number of amides is 1. The van der Waals surface area contributed by atoms with Crippen LogP contribution in [0.25, 0.3) is 5.76 Å². The average molecular weight is 366 g/mol. The van der Waals surface area contributed by atoms with Gasteiger partial charge in [0.15, 0.2) is 0 Å². The van der Waals surface area contributed by atoms with Crippen LogP contribution in [0.1, 0.15) is 24.0 Å². The Morgan fingerprint density at radius 3 is 2.37 bits per heavy atom. The number of hydrogen-bond donors (Lipinski definition) is 1. The number of methoxy groups -OCH3 is 1. The molecule has 1 amide bonds. The number of carbonyl (C=O) groups is 1. The number of nitrogens with zero attached hydrogens (tertiary/aromatic N) is 2. The summed E-state index contributed by atoms with van der Waals surface area (Å²) in [5.74, 6) is 0.791. The third-order valence-corrected chi connectivity index (χ3v) is 4.88. The fourth-order valence-electron chi connectivity index (χ4n) is 3.26. The minimum Gasteiger partial charge on any atom is -0.507 e. The van der Waals surface area contributed by atoms with Gasteiger partial charge in [-0.2, -0.15) is 0 Å². The maximum Gasteiger partial charge on any atom is 0.253 e. The Morgan fingerprint density at radius 2 is 1.78 bits per heavy atom. The largest absolute Gasteiger partial charge is 0.507 e. The van der Waals surface area contributed by atoms with Crippen LogP contribution >= 0.6 is 0 Å². The SMILES string of the molecule is COc1ccc(CN2CCCC(=C(O)c3ccc(N(C)C)cc3)C2=O)cc1. The number of hydrogen-bond acceptors (Lipinski definition) is 4. The quantitative estimate of drug-likeness (QED) is 0.645. The number of aliphatic hydroxyl groups excluding tert-OH is 1. The van der Waals surface area contributed by atoms with Crippen LogP contribution in [0.3, 0.4) is 0 Å². The summed E-state index contributed by atoms with van der Waals surface area (Å²) < 4.78 is 5.18. The third-order valence-electron chi connectivity index (χ3n) is 4.88. The molecule has 0 bridgehead atoms. The van der Waals surface area contributed by atoms with E-state index < -0.39 is 0 Å². The van der Waals surface area contributed by atoms with E-state index in [-0.39, 0.29) is 11.7 Å². The maximum absolute atomic E-state index is 12.9. The van der Waals surface area contributed by atoms with Crippen LogP contribution < -0.4 is 9.64 Å². The number of carbonyl (C=O) groups excluding carboxylic acids is 1. The van der Waals surface area contributed by atoms with Crippen molar-refractivity contribution < 1.29 is 14.6 Å². The predicted octanol–water partition coefficient (Wildman–Crippen LogP) is 3.85. The van der Waals surface area contributed by atoms with Gasteiger partial charge in [-0.1, -0.05) is 12.1 Å². The Kier molecular flexibility index (Phi) is 5.69. The fraction of sp³-hybridized carbons (Fsp3) is 0.318. The molecular weight excluding hydrogens is 340 g/mol. The second-order valence-electron chi connectivity index (χ2n) is 6.95. The van der Waals surface area contributed by atoms with Gasteiger partial charge >= 0.3 is 0 Å². The molecule has 0 aliphatic carbocycles. The van der Waals surface area contributed by atoms with Crippen LogP contribution in [-0.2, 0) is 11.3 Å². The predicted molar refractivity (Wildman–Crippen MR) is 108 cm³/mol. The molecule has 1 aliphatic heterocycles. The molecule has 142 valence electrons. The summed E-state index contributed by atoms with van der Waals surface area (Å²) in [6.45, 7) is 1.22. The summed E-state index contributed by atoms with van der Waals surface area (Å²) in [6, 6.07) is 15.3. The molecule has 0 unspecified atom stereocenters. The zero-order chi connectivity index (χ0) is 19.4. The number of rotatable bonds is 5. The summed E-state index contributed by atoms with van der Waals surface area (Å²) in [4.78, 5) is 16.7. The molecular formula is C22H26N2O3. The molecule has 1 heterocycles. The maximum atomic E-state index is 12.9. The van der Waals surface area contributed by atoms with Crippen molar-refractivity contribution in [2.45, 2.75) is 19.4 Å². The number of likely N-dealkylation sites (tertiary alicyclic amines) is 1. The number of aliphatic hydroxyl groups is 1. The van der Waals surface area contributed by atoms with Gasteiger partial charge in [-0.15, -0.1) is 0 Å². The lowest BCUT2D eigenvalue weighted by atomic mass is 9.98. The van der Waals surface area contributed by atoms with E-state index in [4.69, 9.17) is 4.74 Å². The normalized spacial score (nSPS) is 16.3. The second-order valence-corrected chi connectivity index (χ2v) is 6.95. The molecule has 0 spiro atoms. The molecule has 0 radical (unpaired) electrons. The highest BCUT2D eigenvalue weighted by Crippen LogP contribution is 2.27. The summed E-state index contributed by atoms with van der Waals surface area (Å²) in [6.07, 6.45) is 1.44. The molecule has 3 rings (SSSR count). The Morgan fingerprint density at radius 1 is 1.11 bits per heavy atom. The van der Waals surface area contributed by atoms with Gasteiger partial charge in [-0.25, -0.2) is 0 Å². The lowest BCUT2D eigenvalue weighted by Gasteiger charge is -2.29. The topological polar surface area (TPSA) is 53.0 Å². The van der Waals surface area contributed by atoms with Gasteiger partial charge in [0.1, 0.15) is 11.5 Å². The van der Waals surface area contributed by atoms with Crippen molar-refractivity contribution >= 4 is 17.4 Å². The molecule has 0 atom stereocenters. The number of ether oxygens (including phenoxy) is 1. The highest BCUT2D eigenvalue weighted by atomic mass is 16.5. The van der Waals surface area contributed by atoms with Crippen LogP contribution in [0.5, 0.6) is 5.75 Å². The van der Waals surface area contributed by atoms with Crippen molar-refractivity contribution in [3.05, 3.63) is 65.2 Å². The Bertz CT molecular complexity index is 824. The fourth-order valence-corrected chi connectivity index (χ4v) is 3.26. The Labute approximate surface area is 160 Å². The summed E-state index contributed by atoms with van der Waals surface area (Å²) >= 11 is 0. The summed E-state index contributed by atoms with van der Waals surface area (Å²) in [5.41, 5.74) is 3.26. The molecule has 1 saturated heterocycles. The molecule has 0 aromatic heterocycles. The number of anilines is 1.